The molecule has 0 atom stereocenters. The molecule has 0 amide bonds. The van der Waals surface area contributed by atoms with E-state index in [1.54, 1.807) is 0 Å². The number of hydrogen-bond donors (Lipinski definition) is 0. The highest BCUT2D eigenvalue weighted by Gasteiger charge is 2.14. The van der Waals surface area contributed by atoms with E-state index in [4.69, 9.17) is 0 Å². The first-order valence-corrected chi connectivity index (χ1v) is 11.3. The summed E-state index contributed by atoms with van der Waals surface area (Å²) in [6.45, 7) is 0. The Hall–Kier alpha value is -4.36. The number of rotatable bonds is 4. The largest absolute Gasteiger partial charge is 0.309 e. The van der Waals surface area contributed by atoms with Crippen molar-refractivity contribution in [2.45, 2.75) is 0 Å². The van der Waals surface area contributed by atoms with Gasteiger partial charge in [0.25, 0.3) is 0 Å². The second-order valence-electron chi connectivity index (χ2n) is 8.25. The molecule has 1 heteroatoms. The van der Waals surface area contributed by atoms with Gasteiger partial charge in [0.1, 0.15) is 0 Å². The topological polar surface area (TPSA) is 4.93 Å². The van der Waals surface area contributed by atoms with Gasteiger partial charge in [-0.3, -0.25) is 0 Å². The molecule has 1 aromatic heterocycles. The highest BCUT2D eigenvalue weighted by atomic mass is 15.0. The molecule has 0 unspecified atom stereocenters. The van der Waals surface area contributed by atoms with Gasteiger partial charge >= 0.3 is 0 Å². The molecule has 33 heavy (non-hydrogen) atoms. The highest BCUT2D eigenvalue weighted by Crippen LogP contribution is 2.35. The summed E-state index contributed by atoms with van der Waals surface area (Å²) in [6, 6.07) is 45.2. The van der Waals surface area contributed by atoms with Crippen LogP contribution >= 0.6 is 0 Å². The van der Waals surface area contributed by atoms with Crippen molar-refractivity contribution >= 4 is 34.0 Å². The summed E-state index contributed by atoms with van der Waals surface area (Å²) in [5.74, 6) is 0. The molecule has 0 N–H and O–H groups in total. The summed E-state index contributed by atoms with van der Waals surface area (Å²) in [6.07, 6.45) is 4.32. The fraction of sp³-hybridized carbons (Fsp3) is 0. The average Bonchev–Trinajstić information content (AvgIpc) is 3.23. The first-order valence-electron chi connectivity index (χ1n) is 11.3. The summed E-state index contributed by atoms with van der Waals surface area (Å²) in [4.78, 5) is 0. The monoisotopic (exact) mass is 421 g/mol. The summed E-state index contributed by atoms with van der Waals surface area (Å²) < 4.78 is 2.39. The normalized spacial score (nSPS) is 11.5. The molecule has 6 aromatic rings. The highest BCUT2D eigenvalue weighted by molar-refractivity contribution is 6.09. The molecule has 0 spiro atoms. The van der Waals surface area contributed by atoms with E-state index < -0.39 is 0 Å². The van der Waals surface area contributed by atoms with Gasteiger partial charge in [0.15, 0.2) is 0 Å². The summed E-state index contributed by atoms with van der Waals surface area (Å²) in [5, 5.41) is 2.56. The maximum Gasteiger partial charge on any atom is 0.0541 e. The molecule has 1 heterocycles. The minimum Gasteiger partial charge on any atom is -0.309 e. The van der Waals surface area contributed by atoms with Crippen LogP contribution in [0.15, 0.2) is 127 Å². The molecule has 0 aliphatic heterocycles. The lowest BCUT2D eigenvalue weighted by Gasteiger charge is -2.14. The van der Waals surface area contributed by atoms with Gasteiger partial charge in [0.05, 0.1) is 16.7 Å². The van der Waals surface area contributed by atoms with Gasteiger partial charge in [0.2, 0.25) is 0 Å². The van der Waals surface area contributed by atoms with Crippen LogP contribution in [0.4, 0.5) is 0 Å². The molecule has 0 aliphatic carbocycles. The van der Waals surface area contributed by atoms with Crippen molar-refractivity contribution in [2.75, 3.05) is 0 Å². The van der Waals surface area contributed by atoms with Crippen LogP contribution < -0.4 is 0 Å². The zero-order valence-corrected chi connectivity index (χ0v) is 18.2. The lowest BCUT2D eigenvalue weighted by molar-refractivity contribution is 1.18. The molecule has 0 aliphatic rings. The Balaban J connectivity index is 1.45. The van der Waals surface area contributed by atoms with Crippen molar-refractivity contribution in [1.82, 2.24) is 4.57 Å². The zero-order valence-electron chi connectivity index (χ0n) is 18.2. The smallest absolute Gasteiger partial charge is 0.0541 e. The maximum atomic E-state index is 2.39. The summed E-state index contributed by atoms with van der Waals surface area (Å²) in [7, 11) is 0. The van der Waals surface area contributed by atoms with Crippen LogP contribution in [-0.2, 0) is 0 Å². The second kappa shape index (κ2) is 8.29. The second-order valence-corrected chi connectivity index (χ2v) is 8.25. The summed E-state index contributed by atoms with van der Waals surface area (Å²) >= 11 is 0. The Morgan fingerprint density at radius 3 is 1.61 bits per heavy atom. The van der Waals surface area contributed by atoms with Gasteiger partial charge in [-0.15, -0.1) is 0 Å². The molecule has 0 bridgehead atoms. The van der Waals surface area contributed by atoms with E-state index >= 15 is 0 Å². The van der Waals surface area contributed by atoms with E-state index in [1.165, 1.54) is 49.7 Å². The Kier molecular flexibility index (Phi) is 4.86. The number of benzene rings is 5. The predicted molar refractivity (Wildman–Crippen MR) is 142 cm³/mol. The van der Waals surface area contributed by atoms with E-state index in [0.717, 1.165) is 0 Å². The Morgan fingerprint density at radius 1 is 0.424 bits per heavy atom. The third-order valence-corrected chi connectivity index (χ3v) is 6.21. The number of hydrogen-bond acceptors (Lipinski definition) is 0. The van der Waals surface area contributed by atoms with Crippen LogP contribution in [-0.4, -0.2) is 4.57 Å². The van der Waals surface area contributed by atoms with E-state index in [1.807, 2.05) is 6.07 Å². The molecule has 1 nitrogen and oxygen atoms in total. The molecule has 6 rings (SSSR count). The van der Waals surface area contributed by atoms with Gasteiger partial charge in [0, 0.05) is 16.3 Å². The lowest BCUT2D eigenvalue weighted by Crippen LogP contribution is -1.96. The van der Waals surface area contributed by atoms with Crippen LogP contribution in [0, 0.1) is 0 Å². The fourth-order valence-corrected chi connectivity index (χ4v) is 4.63. The number of aromatic nitrogens is 1. The first-order chi connectivity index (χ1) is 16.4. The van der Waals surface area contributed by atoms with Crippen LogP contribution in [0.25, 0.3) is 50.8 Å². The molecule has 156 valence electrons. The van der Waals surface area contributed by atoms with Crippen LogP contribution in [0.2, 0.25) is 0 Å². The van der Waals surface area contributed by atoms with E-state index in [2.05, 4.69) is 138 Å². The number of fused-ring (bicyclic) bond motifs is 3. The van der Waals surface area contributed by atoms with Crippen LogP contribution in [0.1, 0.15) is 11.1 Å². The van der Waals surface area contributed by atoms with Gasteiger partial charge in [-0.2, -0.15) is 0 Å². The predicted octanol–water partition coefficient (Wildman–Crippen LogP) is 8.62. The maximum absolute atomic E-state index is 2.39. The Bertz CT molecular complexity index is 1530. The zero-order chi connectivity index (χ0) is 22.0. The molecule has 0 radical (unpaired) electrons. The quantitative estimate of drug-likeness (QED) is 0.251. The van der Waals surface area contributed by atoms with Gasteiger partial charge < -0.3 is 4.57 Å². The van der Waals surface area contributed by atoms with Crippen molar-refractivity contribution in [3.63, 3.8) is 0 Å². The third-order valence-electron chi connectivity index (χ3n) is 6.21. The summed E-state index contributed by atoms with van der Waals surface area (Å²) in [5.41, 5.74) is 8.49. The van der Waals surface area contributed by atoms with Crippen molar-refractivity contribution in [1.29, 1.82) is 0 Å². The van der Waals surface area contributed by atoms with Gasteiger partial charge in [-0.1, -0.05) is 121 Å². The van der Waals surface area contributed by atoms with E-state index in [0.29, 0.717) is 0 Å². The Morgan fingerprint density at radius 2 is 0.939 bits per heavy atom. The third kappa shape index (κ3) is 3.54. The van der Waals surface area contributed by atoms with Crippen molar-refractivity contribution < 1.29 is 0 Å². The van der Waals surface area contributed by atoms with Crippen molar-refractivity contribution in [3.8, 4) is 16.8 Å². The SMILES string of the molecule is C(=C\c1ccc(-c2ccccc2-n2c3ccccc3c3ccccc32)cc1)/c1ccccc1. The molecule has 0 saturated carbocycles. The van der Waals surface area contributed by atoms with Gasteiger partial charge in [-0.25, -0.2) is 0 Å². The van der Waals surface area contributed by atoms with E-state index in [9.17, 15) is 0 Å². The van der Waals surface area contributed by atoms with E-state index in [-0.39, 0.29) is 0 Å². The van der Waals surface area contributed by atoms with Crippen LogP contribution in [0.3, 0.4) is 0 Å². The first kappa shape index (κ1) is 19.3. The fourth-order valence-electron chi connectivity index (χ4n) is 4.63. The van der Waals surface area contributed by atoms with Crippen molar-refractivity contribution in [3.05, 3.63) is 139 Å². The van der Waals surface area contributed by atoms with Crippen LogP contribution in [0.5, 0.6) is 0 Å². The minimum atomic E-state index is 1.19. The molecule has 0 saturated heterocycles. The minimum absolute atomic E-state index is 1.19. The van der Waals surface area contributed by atoms with Crippen molar-refractivity contribution in [2.24, 2.45) is 0 Å². The standard InChI is InChI=1S/C32H23N/c1-2-10-24(11-3-1)18-19-25-20-22-26(23-21-25)27-12-4-7-15-30(27)33-31-16-8-5-13-28(31)29-14-6-9-17-32(29)33/h1-23H/b19-18+. The lowest BCUT2D eigenvalue weighted by atomic mass is 10.0. The number of para-hydroxylation sites is 3. The number of nitrogens with zero attached hydrogens (tertiary/aromatic N) is 1. The Labute approximate surface area is 193 Å². The average molecular weight is 422 g/mol. The molecule has 0 fully saturated rings. The van der Waals surface area contributed by atoms with Gasteiger partial charge in [-0.05, 0) is 34.9 Å². The molecule has 5 aromatic carbocycles. The molecular weight excluding hydrogens is 398 g/mol. The molecular formula is C32H23N.